The van der Waals surface area contributed by atoms with Crippen LogP contribution in [0.1, 0.15) is 258 Å². The second kappa shape index (κ2) is 65.8. The topological polar surface area (TPSA) is 447 Å². The molecule has 2 aromatic rings. The van der Waals surface area contributed by atoms with Gasteiger partial charge in [-0.1, -0.05) is 235 Å². The maximum atomic E-state index is 12.3. The summed E-state index contributed by atoms with van der Waals surface area (Å²) in [6.45, 7) is 37.5. The number of esters is 5. The smallest absolute Gasteiger partial charge is 0.411 e. The number of aliphatic carboxylic acids is 2. The number of carbonyl (C=O) groups excluding carboxylic acids is 14. The molecule has 37 nitrogen and oxygen atoms in total. The number of benzene rings is 2. The molecule has 145 heavy (non-hydrogen) atoms. The summed E-state index contributed by atoms with van der Waals surface area (Å²) in [5, 5.41) is 18.2. The van der Waals surface area contributed by atoms with E-state index in [1.165, 1.54) is 69.8 Å². The molecule has 3 spiro atoms. The van der Waals surface area contributed by atoms with Gasteiger partial charge in [0.05, 0.1) is 40.4 Å². The van der Waals surface area contributed by atoms with Gasteiger partial charge in [-0.3, -0.25) is 43.9 Å². The van der Waals surface area contributed by atoms with Crippen LogP contribution in [0.2, 0.25) is 0 Å². The number of carboxylic acids is 2. The van der Waals surface area contributed by atoms with Gasteiger partial charge in [0.25, 0.3) is 0 Å². The molecule has 0 radical (unpaired) electrons. The Morgan fingerprint density at radius 2 is 0.524 bits per heavy atom. The van der Waals surface area contributed by atoms with E-state index in [1.54, 1.807) is 83.1 Å². The Hall–Kier alpha value is -7.18. The molecule has 12 rings (SSSR count). The summed E-state index contributed by atoms with van der Waals surface area (Å²) in [5.41, 5.74) is 1.42. The lowest BCUT2D eigenvalue weighted by molar-refractivity contribution is -0.150. The number of Topliss-reactive ketones (excluding diaryl/α,β-unsaturated/α-hetero) is 2. The van der Waals surface area contributed by atoms with Gasteiger partial charge in [-0.25, -0.2) is 67.1 Å². The molecule has 3 saturated carbocycles. The zero-order valence-electron chi connectivity index (χ0n) is 86.9. The minimum atomic E-state index is -1.18. The molecule has 7 aliphatic heterocycles. The number of halogens is 6. The summed E-state index contributed by atoms with van der Waals surface area (Å²) in [7, 11) is 6.59. The molecule has 2 aromatic carbocycles. The molecule has 7 atom stereocenters. The van der Waals surface area contributed by atoms with E-state index in [0.717, 1.165) is 85.0 Å². The summed E-state index contributed by atoms with van der Waals surface area (Å²) in [6, 6.07) is 14.0. The monoisotopic (exact) mass is 2720 g/mol. The van der Waals surface area contributed by atoms with Gasteiger partial charge in [-0.15, -0.1) is 0 Å². The third-order valence-corrected chi connectivity index (χ3v) is 23.5. The number of piperidine rings is 7. The number of likely N-dealkylation sites (tertiary alicyclic amines) is 7. The first-order valence-corrected chi connectivity index (χ1v) is 57.3. The first-order valence-electron chi connectivity index (χ1n) is 46.9. The van der Waals surface area contributed by atoms with Gasteiger partial charge < -0.3 is 67.1 Å². The maximum absolute atomic E-state index is 12.3. The second-order valence-corrected chi connectivity index (χ2v) is 49.1. The predicted octanol–water partition coefficient (Wildman–Crippen LogP) is 21.1. The zero-order valence-corrected chi connectivity index (χ0v) is 99.8. The van der Waals surface area contributed by atoms with E-state index < -0.39 is 143 Å². The highest BCUT2D eigenvalue weighted by atomic mass is 127. The quantitative estimate of drug-likeness (QED) is 0.0693. The van der Waals surface area contributed by atoms with Crippen molar-refractivity contribution in [3.05, 3.63) is 96.1 Å². The second-order valence-electron chi connectivity index (χ2n) is 40.2. The van der Waals surface area contributed by atoms with E-state index in [4.69, 9.17) is 57.2 Å². The molecule has 7 heterocycles. The fraction of sp³-hybridized carbons (Fsp3) is 0.686. The molecule has 3 aliphatic carbocycles. The van der Waals surface area contributed by atoms with Gasteiger partial charge in [0.1, 0.15) is 95.1 Å². The SMILES string of the molecule is C.C.C=C1CCN(C(=O)OC(C)(C)C)[C@@H](C(=O)OC)C1.C=C1CCN(C(=O)OCc2ccccc2)[C@@H](C(=O)OC)C1.CC(C)(C)OC(=O)N1CCC(=O)C[C@@H]1C(=O)O.CC(C)(C)OC(=O)N1CCC2(CC2)C[C@@H]1C(=O)O.CI.CI.COC(=O)[C@H]1CC(=O)CCN1C(=O)OC(C)(C)C.COC(=O)[C@H]1CC2(CCN1C(=O)OC(C)(C)C)CC2.COC(=O)[C@H]1CC2(CCN1C(=O)OCc1ccccc1)CC2.ICI.ICI. The van der Waals surface area contributed by atoms with E-state index >= 15 is 0 Å². The lowest BCUT2D eigenvalue weighted by atomic mass is 9.88. The molecule has 2 N–H and O–H groups in total. The molecule has 824 valence electrons. The normalized spacial score (nSPS) is 20.4. The highest BCUT2D eigenvalue weighted by molar-refractivity contribution is 14.2. The maximum Gasteiger partial charge on any atom is 0.411 e. The van der Waals surface area contributed by atoms with E-state index in [-0.39, 0.29) is 107 Å². The number of amides is 7. The van der Waals surface area contributed by atoms with Crippen LogP contribution in [0.25, 0.3) is 0 Å². The number of hydrogen-bond donors (Lipinski definition) is 2. The summed E-state index contributed by atoms with van der Waals surface area (Å²) >= 11 is 13.4. The summed E-state index contributed by atoms with van der Waals surface area (Å²) in [4.78, 5) is 202. The molecule has 10 aliphatic rings. The molecule has 0 aromatic heterocycles. The molecule has 0 bridgehead atoms. The predicted molar refractivity (Wildman–Crippen MR) is 600 cm³/mol. The van der Waals surface area contributed by atoms with Crippen LogP contribution in [0.4, 0.5) is 33.6 Å². The number of ether oxygens (including phenoxy) is 12. The number of methoxy groups -OCH3 is 5. The Labute approximate surface area is 939 Å². The van der Waals surface area contributed by atoms with Crippen molar-refractivity contribution in [1.82, 2.24) is 34.3 Å². The van der Waals surface area contributed by atoms with Crippen LogP contribution in [-0.4, -0.2) is 307 Å². The number of alkyl halides is 6. The van der Waals surface area contributed by atoms with Crippen molar-refractivity contribution in [2.75, 3.05) is 96.1 Å². The van der Waals surface area contributed by atoms with Gasteiger partial charge in [-0.05, 0) is 244 Å². The van der Waals surface area contributed by atoms with Crippen LogP contribution in [0, 0.1) is 16.2 Å². The molecule has 10 fully saturated rings. The van der Waals surface area contributed by atoms with E-state index in [2.05, 4.69) is 153 Å². The Balaban J connectivity index is 0.00000164. The molecule has 7 amide bonds. The number of carbonyl (C=O) groups is 16. The number of ketones is 2. The van der Waals surface area contributed by atoms with Crippen LogP contribution < -0.4 is 0 Å². The van der Waals surface area contributed by atoms with Crippen LogP contribution >= 0.6 is 136 Å². The van der Waals surface area contributed by atoms with Crippen molar-refractivity contribution in [3.8, 4) is 0 Å². The molecular formula is C102H159I6N7O30. The van der Waals surface area contributed by atoms with Crippen molar-refractivity contribution < 1.29 is 144 Å². The average Bonchev–Trinajstić information content (AvgIpc) is 1.62. The van der Waals surface area contributed by atoms with E-state index in [1.807, 2.05) is 91.3 Å². The Kier molecular flexibility index (Phi) is 62.6. The number of hydrogen-bond acceptors (Lipinski definition) is 28. The summed E-state index contributed by atoms with van der Waals surface area (Å²) in [5.74, 6) is -4.43. The standard InChI is InChI=1S/C17H21NO4.C16H19NO4.C14H23NO4.2C13H21NO4.C12H19NO5.C11H17NO5.2CH2I2.2CH3I.2CH4/c1-21-15(19)14-11-17(7-8-17)9-10-18(14)16(20)22-12-13-5-3-2-4-6-13;1-12-8-9-17(14(10-12)15(18)20-2)16(19)21-11-13-6-4-3-5-7-13;1-13(2,3)19-12(17)15-8-7-14(5-6-14)9-10(15)11(16)18-4;1-12(2,3)18-11(17)14-7-6-13(4-5-13)8-9(14)10(15)16;1-9-6-7-14(10(8-9)11(15)17-5)12(16)18-13(2,3)4;1-12(2,3)18-11(16)13-6-5-8(14)7-9(13)10(15)17-4;1-11(2,3)17-10(16)12-5-4-7(13)6-8(12)9(14)15;2*2-1-3;2*1-2;;/h2-6,14H,7-12H2,1H3;3-7,14H,1,8-11H2,2H3;10H,5-9H2,1-4H3;9H,4-8H2,1-3H3,(H,15,16);10H,1,6-8H2,2-5H3;9H,5-7H2,1-4H3;8H,4-6H2,1-3H3,(H,14,15);2*1H2;2*1H3;2*1H4/t2*14-;10-;9-;10-;9-;8-;;;;;;/m1111111....../s1. The summed E-state index contributed by atoms with van der Waals surface area (Å²) < 4.78 is 63.0. The fourth-order valence-corrected chi connectivity index (χ4v) is 15.7. The van der Waals surface area contributed by atoms with Gasteiger partial charge in [-0.2, -0.15) is 0 Å². The van der Waals surface area contributed by atoms with E-state index in [0.29, 0.717) is 77.7 Å². The van der Waals surface area contributed by atoms with Crippen molar-refractivity contribution in [3.63, 3.8) is 0 Å². The third-order valence-electron chi connectivity index (χ3n) is 23.5. The fourth-order valence-electron chi connectivity index (χ4n) is 15.7. The van der Waals surface area contributed by atoms with Crippen LogP contribution in [0.3, 0.4) is 0 Å². The van der Waals surface area contributed by atoms with Crippen molar-refractivity contribution in [2.24, 2.45) is 16.2 Å². The lowest BCUT2D eigenvalue weighted by Gasteiger charge is -2.38. The van der Waals surface area contributed by atoms with Crippen molar-refractivity contribution in [1.29, 1.82) is 0 Å². The zero-order chi connectivity index (χ0) is 109. The highest BCUT2D eigenvalue weighted by Crippen LogP contribution is 2.57. The largest absolute Gasteiger partial charge is 0.480 e. The van der Waals surface area contributed by atoms with Crippen molar-refractivity contribution in [2.45, 2.75) is 331 Å². The van der Waals surface area contributed by atoms with Crippen LogP contribution in [0.5, 0.6) is 0 Å². The minimum absolute atomic E-state index is 0. The first-order chi connectivity index (χ1) is 66.8. The Bertz CT molecular complexity index is 4440. The van der Waals surface area contributed by atoms with Crippen molar-refractivity contribution >= 4 is 232 Å². The Morgan fingerprint density at radius 1 is 0.317 bits per heavy atom. The van der Waals surface area contributed by atoms with Gasteiger partial charge >= 0.3 is 84.4 Å². The first kappa shape index (κ1) is 138. The summed E-state index contributed by atoms with van der Waals surface area (Å²) in [6.07, 6.45) is 10.4. The molecule has 7 saturated heterocycles. The van der Waals surface area contributed by atoms with Crippen LogP contribution in [0.15, 0.2) is 85.0 Å². The third kappa shape index (κ3) is 50.5. The van der Waals surface area contributed by atoms with Gasteiger partial charge in [0, 0.05) is 71.5 Å². The average molecular weight is 2720 g/mol. The van der Waals surface area contributed by atoms with Crippen LogP contribution in [-0.2, 0) is 113 Å². The number of nitrogens with zero attached hydrogens (tertiary/aromatic N) is 7. The molecular weight excluding hydrogens is 2560 g/mol. The number of carboxylic acid groups (broad SMARTS) is 2. The highest BCUT2D eigenvalue weighted by Gasteiger charge is 2.55. The van der Waals surface area contributed by atoms with Gasteiger partial charge in [0.15, 0.2) is 0 Å². The number of rotatable bonds is 11. The molecule has 0 unspecified atom stereocenters. The van der Waals surface area contributed by atoms with E-state index in [9.17, 15) is 81.8 Å². The lowest BCUT2D eigenvalue weighted by Crippen LogP contribution is -2.52. The molecule has 43 heteroatoms. The van der Waals surface area contributed by atoms with Gasteiger partial charge in [0.2, 0.25) is 0 Å². The Morgan fingerprint density at radius 3 is 0.772 bits per heavy atom. The minimum Gasteiger partial charge on any atom is -0.480 e.